The molecular formula is C19H15Cl3N4. The third-order valence-corrected chi connectivity index (χ3v) is 5.27. The van der Waals surface area contributed by atoms with E-state index in [0.717, 1.165) is 41.3 Å². The van der Waals surface area contributed by atoms with E-state index in [4.69, 9.17) is 34.8 Å². The van der Waals surface area contributed by atoms with Gasteiger partial charge in [-0.1, -0.05) is 40.9 Å². The lowest BCUT2D eigenvalue weighted by molar-refractivity contribution is 0.781. The minimum atomic E-state index is 0.457. The second kappa shape index (κ2) is 7.31. The SMILES string of the molecule is Clc1cc(-c2cnc3c(c2)N(Cc2c(Cl)cccc2Cl)CCN3)ccn1. The molecule has 0 spiro atoms. The van der Waals surface area contributed by atoms with Crippen LogP contribution in [0.15, 0.2) is 48.8 Å². The van der Waals surface area contributed by atoms with E-state index in [2.05, 4.69) is 26.3 Å². The van der Waals surface area contributed by atoms with Gasteiger partial charge in [-0.3, -0.25) is 0 Å². The van der Waals surface area contributed by atoms with Gasteiger partial charge < -0.3 is 10.2 Å². The summed E-state index contributed by atoms with van der Waals surface area (Å²) in [4.78, 5) is 10.9. The molecule has 26 heavy (non-hydrogen) atoms. The van der Waals surface area contributed by atoms with E-state index in [1.807, 2.05) is 36.5 Å². The monoisotopic (exact) mass is 404 g/mol. The Hall–Kier alpha value is -2.01. The van der Waals surface area contributed by atoms with E-state index in [-0.39, 0.29) is 0 Å². The van der Waals surface area contributed by atoms with Crippen LogP contribution in [0.25, 0.3) is 11.1 Å². The number of halogens is 3. The zero-order valence-electron chi connectivity index (χ0n) is 13.7. The second-order valence-electron chi connectivity index (χ2n) is 6.01. The molecule has 0 saturated heterocycles. The van der Waals surface area contributed by atoms with Crippen molar-refractivity contribution >= 4 is 46.3 Å². The molecule has 0 radical (unpaired) electrons. The summed E-state index contributed by atoms with van der Waals surface area (Å²) in [5.41, 5.74) is 3.88. The first-order valence-corrected chi connectivity index (χ1v) is 9.29. The number of nitrogens with one attached hydrogen (secondary N) is 1. The van der Waals surface area contributed by atoms with Crippen LogP contribution in [0.2, 0.25) is 15.2 Å². The molecule has 3 aromatic rings. The fourth-order valence-electron chi connectivity index (χ4n) is 3.04. The maximum Gasteiger partial charge on any atom is 0.149 e. The summed E-state index contributed by atoms with van der Waals surface area (Å²) in [5, 5.41) is 5.14. The summed E-state index contributed by atoms with van der Waals surface area (Å²) in [6.07, 6.45) is 3.53. The standard InChI is InChI=1S/C19H15Cl3N4/c20-15-2-1-3-16(21)14(15)11-26-7-6-24-19-17(26)8-13(10-25-19)12-4-5-23-18(22)9-12/h1-5,8-10H,6-7,11H2,(H,24,25). The molecule has 0 bridgehead atoms. The predicted molar refractivity (Wildman–Crippen MR) is 108 cm³/mol. The van der Waals surface area contributed by atoms with Gasteiger partial charge in [0.2, 0.25) is 0 Å². The third-order valence-electron chi connectivity index (χ3n) is 4.35. The molecule has 7 heteroatoms. The molecule has 0 atom stereocenters. The Morgan fingerprint density at radius 1 is 1.00 bits per heavy atom. The van der Waals surface area contributed by atoms with Gasteiger partial charge in [-0.2, -0.15) is 0 Å². The van der Waals surface area contributed by atoms with Crippen molar-refractivity contribution in [3.63, 3.8) is 0 Å². The Kier molecular flexibility index (Phi) is 4.90. The minimum Gasteiger partial charge on any atom is -0.367 e. The number of aromatic nitrogens is 2. The van der Waals surface area contributed by atoms with Gasteiger partial charge in [0.05, 0.1) is 5.69 Å². The van der Waals surface area contributed by atoms with Crippen molar-refractivity contribution in [2.24, 2.45) is 0 Å². The van der Waals surface area contributed by atoms with Crippen molar-refractivity contribution < 1.29 is 0 Å². The molecule has 132 valence electrons. The molecule has 0 fully saturated rings. The molecule has 4 rings (SSSR count). The number of pyridine rings is 2. The molecule has 1 aromatic carbocycles. The third kappa shape index (κ3) is 3.45. The Morgan fingerprint density at radius 2 is 1.81 bits per heavy atom. The molecule has 1 aliphatic heterocycles. The molecule has 0 amide bonds. The molecule has 1 N–H and O–H groups in total. The number of anilines is 2. The lowest BCUT2D eigenvalue weighted by atomic mass is 10.1. The molecule has 4 nitrogen and oxygen atoms in total. The van der Waals surface area contributed by atoms with Crippen LogP contribution in [0.3, 0.4) is 0 Å². The summed E-state index contributed by atoms with van der Waals surface area (Å²) in [6.45, 7) is 2.26. The minimum absolute atomic E-state index is 0.457. The number of nitrogens with zero attached hydrogens (tertiary/aromatic N) is 3. The summed E-state index contributed by atoms with van der Waals surface area (Å²) in [5.74, 6) is 0.850. The topological polar surface area (TPSA) is 41.1 Å². The number of fused-ring (bicyclic) bond motifs is 1. The van der Waals surface area contributed by atoms with Crippen LogP contribution in [-0.2, 0) is 6.54 Å². The second-order valence-corrected chi connectivity index (χ2v) is 7.21. The van der Waals surface area contributed by atoms with Gasteiger partial charge >= 0.3 is 0 Å². The molecule has 0 aliphatic carbocycles. The Morgan fingerprint density at radius 3 is 2.58 bits per heavy atom. The van der Waals surface area contributed by atoms with Crippen molar-refractivity contribution in [1.29, 1.82) is 0 Å². The van der Waals surface area contributed by atoms with Gasteiger partial charge in [-0.05, 0) is 35.9 Å². The molecule has 0 saturated carbocycles. The first kappa shape index (κ1) is 17.4. The molecule has 2 aromatic heterocycles. The van der Waals surface area contributed by atoms with Crippen LogP contribution in [0, 0.1) is 0 Å². The first-order chi connectivity index (χ1) is 12.6. The molecule has 3 heterocycles. The Balaban J connectivity index is 1.72. The number of hydrogen-bond donors (Lipinski definition) is 1. The van der Waals surface area contributed by atoms with Crippen LogP contribution in [0.4, 0.5) is 11.5 Å². The zero-order chi connectivity index (χ0) is 18.1. The molecular weight excluding hydrogens is 391 g/mol. The number of hydrogen-bond acceptors (Lipinski definition) is 4. The van der Waals surface area contributed by atoms with Crippen molar-refractivity contribution in [2.75, 3.05) is 23.3 Å². The molecule has 0 unspecified atom stereocenters. The summed E-state index contributed by atoms with van der Waals surface area (Å²) in [6, 6.07) is 11.4. The van der Waals surface area contributed by atoms with Gasteiger partial charge in [0.15, 0.2) is 0 Å². The predicted octanol–water partition coefficient (Wildman–Crippen LogP) is 5.54. The molecule has 1 aliphatic rings. The van der Waals surface area contributed by atoms with E-state index >= 15 is 0 Å². The van der Waals surface area contributed by atoms with Gasteiger partial charge in [0.1, 0.15) is 11.0 Å². The first-order valence-electron chi connectivity index (χ1n) is 8.15. The van der Waals surface area contributed by atoms with Crippen molar-refractivity contribution in [3.8, 4) is 11.1 Å². The van der Waals surface area contributed by atoms with Crippen LogP contribution in [-0.4, -0.2) is 23.1 Å². The summed E-state index contributed by atoms with van der Waals surface area (Å²) >= 11 is 18.7. The number of rotatable bonds is 3. The Bertz CT molecular complexity index is 941. The van der Waals surface area contributed by atoms with E-state index in [0.29, 0.717) is 21.7 Å². The lowest BCUT2D eigenvalue weighted by Gasteiger charge is -2.32. The van der Waals surface area contributed by atoms with Crippen molar-refractivity contribution in [2.45, 2.75) is 6.54 Å². The van der Waals surface area contributed by atoms with E-state index in [1.165, 1.54) is 0 Å². The van der Waals surface area contributed by atoms with Crippen LogP contribution in [0.1, 0.15) is 5.56 Å². The highest BCUT2D eigenvalue weighted by Gasteiger charge is 2.20. The van der Waals surface area contributed by atoms with E-state index in [9.17, 15) is 0 Å². The van der Waals surface area contributed by atoms with E-state index < -0.39 is 0 Å². The van der Waals surface area contributed by atoms with Gasteiger partial charge in [-0.15, -0.1) is 0 Å². The maximum absolute atomic E-state index is 6.36. The Labute approximate surface area is 166 Å². The highest BCUT2D eigenvalue weighted by atomic mass is 35.5. The largest absolute Gasteiger partial charge is 0.367 e. The van der Waals surface area contributed by atoms with E-state index in [1.54, 1.807) is 6.20 Å². The lowest BCUT2D eigenvalue weighted by Crippen LogP contribution is -2.34. The highest BCUT2D eigenvalue weighted by Crippen LogP contribution is 2.35. The fourth-order valence-corrected chi connectivity index (χ4v) is 3.73. The van der Waals surface area contributed by atoms with Crippen molar-refractivity contribution in [1.82, 2.24) is 9.97 Å². The average molecular weight is 406 g/mol. The normalized spacial score (nSPS) is 13.3. The summed E-state index contributed by atoms with van der Waals surface area (Å²) in [7, 11) is 0. The van der Waals surface area contributed by atoms with Crippen LogP contribution in [0.5, 0.6) is 0 Å². The van der Waals surface area contributed by atoms with Crippen LogP contribution >= 0.6 is 34.8 Å². The fraction of sp³-hybridized carbons (Fsp3) is 0.158. The van der Waals surface area contributed by atoms with Gasteiger partial charge in [-0.25, -0.2) is 9.97 Å². The zero-order valence-corrected chi connectivity index (χ0v) is 16.0. The quantitative estimate of drug-likeness (QED) is 0.581. The maximum atomic E-state index is 6.36. The smallest absolute Gasteiger partial charge is 0.149 e. The van der Waals surface area contributed by atoms with Gasteiger partial charge in [0, 0.05) is 53.2 Å². The number of benzene rings is 1. The van der Waals surface area contributed by atoms with Crippen molar-refractivity contribution in [3.05, 3.63) is 69.6 Å². The summed E-state index contributed by atoms with van der Waals surface area (Å²) < 4.78 is 0. The van der Waals surface area contributed by atoms with Gasteiger partial charge in [0.25, 0.3) is 0 Å². The van der Waals surface area contributed by atoms with Crippen LogP contribution < -0.4 is 10.2 Å². The average Bonchev–Trinajstić information content (AvgIpc) is 2.64. The highest BCUT2D eigenvalue weighted by molar-refractivity contribution is 6.36.